The summed E-state index contributed by atoms with van der Waals surface area (Å²) in [6, 6.07) is 31.4. The van der Waals surface area contributed by atoms with Crippen LogP contribution in [-0.2, 0) is 21.2 Å². The van der Waals surface area contributed by atoms with Crippen LogP contribution in [0.25, 0.3) is 16.6 Å². The molecule has 1 heterocycles. The number of aromatic nitrogens is 2. The van der Waals surface area contributed by atoms with Crippen molar-refractivity contribution in [2.75, 3.05) is 52.2 Å². The molecule has 15 heteroatoms. The van der Waals surface area contributed by atoms with Crippen molar-refractivity contribution < 1.29 is 37.0 Å². The molecule has 0 saturated carbocycles. The number of hydrogen-bond acceptors (Lipinski definition) is 10. The maximum absolute atomic E-state index is 14.2. The molecule has 0 aliphatic carbocycles. The summed E-state index contributed by atoms with van der Waals surface area (Å²) in [5, 5.41) is 5.99. The number of amides is 2. The van der Waals surface area contributed by atoms with Crippen molar-refractivity contribution in [3.05, 3.63) is 137 Å². The van der Waals surface area contributed by atoms with Crippen LogP contribution in [0.3, 0.4) is 0 Å². The molecule has 6 aromatic rings. The molecule has 0 bridgehead atoms. The second-order valence-corrected chi connectivity index (χ2v) is 14.5. The number of anilines is 2. The van der Waals surface area contributed by atoms with Crippen LogP contribution in [0.5, 0.6) is 23.0 Å². The summed E-state index contributed by atoms with van der Waals surface area (Å²) in [4.78, 5) is 45.1. The monoisotopic (exact) mass is 791 g/mol. The van der Waals surface area contributed by atoms with Crippen LogP contribution in [0.2, 0.25) is 0 Å². The molecule has 0 atom stereocenters. The van der Waals surface area contributed by atoms with Crippen LogP contribution in [-0.4, -0.2) is 75.6 Å². The lowest BCUT2D eigenvalue weighted by molar-refractivity contribution is -0.116. The summed E-state index contributed by atoms with van der Waals surface area (Å²) in [7, 11) is 1.67. The van der Waals surface area contributed by atoms with Crippen molar-refractivity contribution in [2.24, 2.45) is 0 Å². The Kier molecular flexibility index (Phi) is 12.5. The minimum atomic E-state index is -4.19. The number of sulfonamides is 1. The van der Waals surface area contributed by atoms with E-state index in [2.05, 4.69) is 10.6 Å². The van der Waals surface area contributed by atoms with E-state index in [-0.39, 0.29) is 59.5 Å². The van der Waals surface area contributed by atoms with Gasteiger partial charge in [0, 0.05) is 43.6 Å². The molecule has 0 aliphatic heterocycles. The lowest BCUT2D eigenvalue weighted by Gasteiger charge is -2.23. The van der Waals surface area contributed by atoms with Gasteiger partial charge in [0.15, 0.2) is 0 Å². The topological polar surface area (TPSA) is 167 Å². The van der Waals surface area contributed by atoms with Crippen molar-refractivity contribution in [3.63, 3.8) is 0 Å². The fraction of sp³-hybridized carbons (Fsp3) is 0.190. The van der Waals surface area contributed by atoms with Crippen LogP contribution in [0.4, 0.5) is 11.4 Å². The summed E-state index contributed by atoms with van der Waals surface area (Å²) in [6.45, 7) is -0.360. The summed E-state index contributed by atoms with van der Waals surface area (Å²) < 4.78 is 52.7. The summed E-state index contributed by atoms with van der Waals surface area (Å²) >= 11 is 0. The van der Waals surface area contributed by atoms with Crippen LogP contribution in [0, 0.1) is 0 Å². The van der Waals surface area contributed by atoms with E-state index in [4.69, 9.17) is 23.9 Å². The molecule has 0 spiro atoms. The van der Waals surface area contributed by atoms with Gasteiger partial charge in [0.2, 0.25) is 15.9 Å². The lowest BCUT2D eigenvalue weighted by Crippen LogP contribution is -2.36. The van der Waals surface area contributed by atoms with E-state index in [1.54, 1.807) is 86.0 Å². The molecule has 0 saturated heterocycles. The molecular formula is C42H41N5O9S. The third kappa shape index (κ3) is 9.06. The molecule has 5 aromatic carbocycles. The molecule has 294 valence electrons. The Hall–Kier alpha value is -6.71. The number of rotatable bonds is 16. The Morgan fingerprint density at radius 2 is 1.28 bits per heavy atom. The standard InChI is InChI=1S/C42H41N5O9S/c1-53-30-16-14-29(15-17-30)47-39(43-34-13-9-8-12-33(34)42(47)50)22-24-46(57(51,52)32-20-18-31(54-2)19-21-32)25-23-40(48)44-35-26-38(56-4)36(27-37(35)55-3)45-41(49)28-10-6-5-7-11-28/h5-21,26-27H,22-25H2,1-4H3,(H,44,48)(H,45,49). The van der Waals surface area contributed by atoms with Crippen molar-refractivity contribution in [3.8, 4) is 28.7 Å². The van der Waals surface area contributed by atoms with Crippen LogP contribution in [0.1, 0.15) is 22.6 Å². The smallest absolute Gasteiger partial charge is 0.265 e. The number of benzene rings is 5. The molecule has 0 radical (unpaired) electrons. The molecule has 0 aliphatic rings. The maximum Gasteiger partial charge on any atom is 0.265 e. The maximum atomic E-state index is 14.2. The molecule has 6 rings (SSSR count). The zero-order chi connectivity index (χ0) is 40.5. The number of hydrogen-bond donors (Lipinski definition) is 2. The fourth-order valence-corrected chi connectivity index (χ4v) is 7.58. The van der Waals surface area contributed by atoms with Gasteiger partial charge in [-0.05, 0) is 72.8 Å². The number of para-hydroxylation sites is 1. The Bertz CT molecular complexity index is 2550. The number of fused-ring (bicyclic) bond motifs is 1. The van der Waals surface area contributed by atoms with Gasteiger partial charge in [-0.15, -0.1) is 0 Å². The van der Waals surface area contributed by atoms with Gasteiger partial charge in [0.05, 0.1) is 61.3 Å². The highest BCUT2D eigenvalue weighted by molar-refractivity contribution is 7.89. The quantitative estimate of drug-likeness (QED) is 0.120. The van der Waals surface area contributed by atoms with Crippen molar-refractivity contribution >= 4 is 44.1 Å². The molecular weight excluding hydrogens is 751 g/mol. The van der Waals surface area contributed by atoms with Crippen molar-refractivity contribution in [1.82, 2.24) is 13.9 Å². The predicted octanol–water partition coefficient (Wildman–Crippen LogP) is 5.93. The second-order valence-electron chi connectivity index (χ2n) is 12.6. The molecule has 1 aromatic heterocycles. The highest BCUT2D eigenvalue weighted by Crippen LogP contribution is 2.37. The van der Waals surface area contributed by atoms with Crippen molar-refractivity contribution in [1.29, 1.82) is 0 Å². The van der Waals surface area contributed by atoms with Gasteiger partial charge in [-0.25, -0.2) is 13.4 Å². The van der Waals surface area contributed by atoms with E-state index in [1.165, 1.54) is 66.6 Å². The lowest BCUT2D eigenvalue weighted by atomic mass is 10.2. The number of methoxy groups -OCH3 is 4. The average Bonchev–Trinajstić information content (AvgIpc) is 3.24. The SMILES string of the molecule is COc1ccc(-n2c(CCN(CCC(=O)Nc3cc(OC)c(NC(=O)c4ccccc4)cc3OC)S(=O)(=O)c3ccc(OC)cc3)nc3ccccc3c2=O)cc1. The zero-order valence-corrected chi connectivity index (χ0v) is 32.5. The Morgan fingerprint density at radius 3 is 1.89 bits per heavy atom. The minimum absolute atomic E-state index is 0.0118. The van der Waals surface area contributed by atoms with Gasteiger partial charge in [-0.3, -0.25) is 19.0 Å². The van der Waals surface area contributed by atoms with E-state index < -0.39 is 15.9 Å². The van der Waals surface area contributed by atoms with Gasteiger partial charge >= 0.3 is 0 Å². The van der Waals surface area contributed by atoms with Crippen LogP contribution >= 0.6 is 0 Å². The highest BCUT2D eigenvalue weighted by Gasteiger charge is 2.27. The second kappa shape index (κ2) is 17.8. The van der Waals surface area contributed by atoms with Gasteiger partial charge in [0.1, 0.15) is 28.8 Å². The minimum Gasteiger partial charge on any atom is -0.497 e. The van der Waals surface area contributed by atoms with E-state index in [1.807, 2.05) is 0 Å². The number of carbonyl (C=O) groups is 2. The highest BCUT2D eigenvalue weighted by atomic mass is 32.2. The van der Waals surface area contributed by atoms with Crippen LogP contribution in [0.15, 0.2) is 125 Å². The first-order valence-corrected chi connectivity index (χ1v) is 19.2. The number of nitrogens with one attached hydrogen (secondary N) is 2. The zero-order valence-electron chi connectivity index (χ0n) is 31.7. The Morgan fingerprint density at radius 1 is 0.702 bits per heavy atom. The van der Waals surface area contributed by atoms with Gasteiger partial charge < -0.3 is 29.6 Å². The molecule has 2 amide bonds. The number of ether oxygens (including phenoxy) is 4. The molecule has 2 N–H and O–H groups in total. The van der Waals surface area contributed by atoms with Gasteiger partial charge in [0.25, 0.3) is 11.5 Å². The molecule has 0 fully saturated rings. The number of carbonyl (C=O) groups excluding carboxylic acids is 2. The summed E-state index contributed by atoms with van der Waals surface area (Å²) in [5.74, 6) is 0.979. The molecule has 0 unspecified atom stereocenters. The first kappa shape index (κ1) is 40.0. The van der Waals surface area contributed by atoms with Gasteiger partial charge in [-0.2, -0.15) is 4.31 Å². The summed E-state index contributed by atoms with van der Waals surface area (Å²) in [6.07, 6.45) is -0.242. The van der Waals surface area contributed by atoms with Gasteiger partial charge in [-0.1, -0.05) is 30.3 Å². The third-order valence-corrected chi connectivity index (χ3v) is 11.0. The molecule has 57 heavy (non-hydrogen) atoms. The normalized spacial score (nSPS) is 11.2. The van der Waals surface area contributed by atoms with E-state index in [0.29, 0.717) is 45.2 Å². The van der Waals surface area contributed by atoms with Crippen LogP contribution < -0.4 is 35.1 Å². The summed E-state index contributed by atoms with van der Waals surface area (Å²) in [5.41, 5.74) is 1.65. The predicted molar refractivity (Wildman–Crippen MR) is 217 cm³/mol. The average molecular weight is 792 g/mol. The fourth-order valence-electron chi connectivity index (χ4n) is 6.13. The third-order valence-electron chi connectivity index (χ3n) is 9.13. The Labute approximate surface area is 329 Å². The molecule has 14 nitrogen and oxygen atoms in total. The Balaban J connectivity index is 1.28. The first-order valence-electron chi connectivity index (χ1n) is 17.8. The largest absolute Gasteiger partial charge is 0.497 e. The van der Waals surface area contributed by atoms with E-state index in [0.717, 1.165) is 0 Å². The van der Waals surface area contributed by atoms with E-state index in [9.17, 15) is 22.8 Å². The van der Waals surface area contributed by atoms with Crippen molar-refractivity contribution in [2.45, 2.75) is 17.7 Å². The van der Waals surface area contributed by atoms with E-state index >= 15 is 0 Å². The first-order chi connectivity index (χ1) is 27.6. The number of nitrogens with zero attached hydrogens (tertiary/aromatic N) is 3.